The van der Waals surface area contributed by atoms with Crippen molar-refractivity contribution in [3.05, 3.63) is 0 Å². The molecule has 1 fully saturated rings. The van der Waals surface area contributed by atoms with Gasteiger partial charge in [0.15, 0.2) is 0 Å². The lowest BCUT2D eigenvalue weighted by atomic mass is 9.80. The number of aliphatic hydroxyl groups is 1. The van der Waals surface area contributed by atoms with Crippen molar-refractivity contribution in [3.8, 4) is 0 Å². The maximum absolute atomic E-state index is 8.68. The van der Waals surface area contributed by atoms with Crippen LogP contribution in [0.25, 0.3) is 0 Å². The van der Waals surface area contributed by atoms with Crippen molar-refractivity contribution >= 4 is 0 Å². The molecule has 48 valence electrons. The summed E-state index contributed by atoms with van der Waals surface area (Å²) in [6.45, 7) is 5.51. The van der Waals surface area contributed by atoms with Gasteiger partial charge < -0.3 is 10.4 Å². The molecule has 0 aliphatic carbocycles. The molecule has 1 unspecified atom stereocenters. The van der Waals surface area contributed by atoms with Gasteiger partial charge in [0, 0.05) is 24.6 Å². The van der Waals surface area contributed by atoms with Crippen molar-refractivity contribution in [2.24, 2.45) is 5.92 Å². The minimum absolute atomic E-state index is 0.189. The van der Waals surface area contributed by atoms with Crippen LogP contribution in [-0.4, -0.2) is 23.8 Å². The first-order valence-corrected chi connectivity index (χ1v) is 3.02. The van der Waals surface area contributed by atoms with Crippen LogP contribution in [0.15, 0.2) is 0 Å². The van der Waals surface area contributed by atoms with E-state index >= 15 is 0 Å². The molecular weight excluding hydrogens is 102 g/mol. The zero-order chi connectivity index (χ0) is 6.20. The van der Waals surface area contributed by atoms with E-state index in [1.165, 1.54) is 0 Å². The Morgan fingerprint density at radius 2 is 2.38 bits per heavy atom. The Morgan fingerprint density at radius 3 is 2.38 bits per heavy atom. The van der Waals surface area contributed by atoms with Crippen LogP contribution >= 0.6 is 0 Å². The molecule has 1 saturated heterocycles. The van der Waals surface area contributed by atoms with Gasteiger partial charge in [0.2, 0.25) is 0 Å². The van der Waals surface area contributed by atoms with E-state index in [4.69, 9.17) is 5.11 Å². The first-order valence-electron chi connectivity index (χ1n) is 3.02. The summed E-state index contributed by atoms with van der Waals surface area (Å²) >= 11 is 0. The monoisotopic (exact) mass is 115 g/mol. The van der Waals surface area contributed by atoms with E-state index in [0.717, 1.165) is 6.54 Å². The van der Waals surface area contributed by atoms with Gasteiger partial charge in [-0.15, -0.1) is 0 Å². The summed E-state index contributed by atoms with van der Waals surface area (Å²) in [5, 5.41) is 11.9. The maximum atomic E-state index is 8.68. The molecule has 2 nitrogen and oxygen atoms in total. The number of hydrogen-bond donors (Lipinski definition) is 2. The summed E-state index contributed by atoms with van der Waals surface area (Å²) in [6.07, 6.45) is 0. The lowest BCUT2D eigenvalue weighted by Crippen LogP contribution is -2.62. The summed E-state index contributed by atoms with van der Waals surface area (Å²) in [4.78, 5) is 0. The molecule has 8 heavy (non-hydrogen) atoms. The highest BCUT2D eigenvalue weighted by molar-refractivity contribution is 4.96. The Balaban J connectivity index is 2.37. The minimum atomic E-state index is 0.189. The van der Waals surface area contributed by atoms with Crippen LogP contribution in [0.2, 0.25) is 0 Å². The van der Waals surface area contributed by atoms with Crippen molar-refractivity contribution < 1.29 is 5.11 Å². The summed E-state index contributed by atoms with van der Waals surface area (Å²) in [7, 11) is 0. The minimum Gasteiger partial charge on any atom is -0.396 e. The third-order valence-electron chi connectivity index (χ3n) is 2.05. The smallest absolute Gasteiger partial charge is 0.0488 e. The van der Waals surface area contributed by atoms with Crippen LogP contribution in [0.5, 0.6) is 0 Å². The van der Waals surface area contributed by atoms with E-state index in [2.05, 4.69) is 19.2 Å². The zero-order valence-electron chi connectivity index (χ0n) is 5.44. The van der Waals surface area contributed by atoms with E-state index in [0.29, 0.717) is 12.5 Å². The van der Waals surface area contributed by atoms with Gasteiger partial charge in [-0.05, 0) is 13.8 Å². The maximum Gasteiger partial charge on any atom is 0.0488 e. The number of aliphatic hydroxyl groups excluding tert-OH is 1. The molecule has 2 heteroatoms. The van der Waals surface area contributed by atoms with E-state index in [1.807, 2.05) is 0 Å². The molecule has 0 aromatic carbocycles. The van der Waals surface area contributed by atoms with Gasteiger partial charge in [0.05, 0.1) is 0 Å². The lowest BCUT2D eigenvalue weighted by molar-refractivity contribution is 0.0717. The second-order valence-electron chi connectivity index (χ2n) is 2.98. The average molecular weight is 115 g/mol. The van der Waals surface area contributed by atoms with Crippen molar-refractivity contribution in [2.75, 3.05) is 13.2 Å². The van der Waals surface area contributed by atoms with E-state index in [9.17, 15) is 0 Å². The molecule has 2 N–H and O–H groups in total. The van der Waals surface area contributed by atoms with E-state index in [-0.39, 0.29) is 5.54 Å². The molecule has 1 atom stereocenters. The molecule has 1 rings (SSSR count). The standard InChI is InChI=1S/C6H13NO/c1-6(2)5(4-8)3-7-6/h5,7-8H,3-4H2,1-2H3. The van der Waals surface area contributed by atoms with Gasteiger partial charge in [-0.25, -0.2) is 0 Å². The van der Waals surface area contributed by atoms with Crippen LogP contribution in [0.3, 0.4) is 0 Å². The molecule has 1 aliphatic rings. The average Bonchev–Trinajstić information content (AvgIpc) is 1.66. The van der Waals surface area contributed by atoms with Gasteiger partial charge in [0.25, 0.3) is 0 Å². The molecule has 1 aliphatic heterocycles. The number of nitrogens with one attached hydrogen (secondary N) is 1. The highest BCUT2D eigenvalue weighted by Crippen LogP contribution is 2.23. The van der Waals surface area contributed by atoms with Gasteiger partial charge in [-0.3, -0.25) is 0 Å². The molecule has 0 radical (unpaired) electrons. The Bertz CT molecular complexity index is 88.5. The Hall–Kier alpha value is -0.0800. The van der Waals surface area contributed by atoms with E-state index in [1.54, 1.807) is 0 Å². The van der Waals surface area contributed by atoms with Gasteiger partial charge in [-0.1, -0.05) is 0 Å². The molecule has 0 aromatic heterocycles. The topological polar surface area (TPSA) is 32.3 Å². The fourth-order valence-electron chi connectivity index (χ4n) is 0.947. The molecular formula is C6H13NO. The summed E-state index contributed by atoms with van der Waals surface area (Å²) in [6, 6.07) is 0. The fraction of sp³-hybridized carbons (Fsp3) is 1.00. The zero-order valence-corrected chi connectivity index (χ0v) is 5.44. The van der Waals surface area contributed by atoms with Crippen molar-refractivity contribution in [2.45, 2.75) is 19.4 Å². The number of rotatable bonds is 1. The molecule has 0 aromatic rings. The molecule has 1 heterocycles. The summed E-state index contributed by atoms with van der Waals surface area (Å²) in [5.74, 6) is 0.475. The summed E-state index contributed by atoms with van der Waals surface area (Å²) < 4.78 is 0. The largest absolute Gasteiger partial charge is 0.396 e. The predicted molar refractivity (Wildman–Crippen MR) is 32.7 cm³/mol. The third kappa shape index (κ3) is 0.740. The second kappa shape index (κ2) is 1.71. The van der Waals surface area contributed by atoms with Crippen LogP contribution < -0.4 is 5.32 Å². The first-order chi connectivity index (χ1) is 3.67. The van der Waals surface area contributed by atoms with Gasteiger partial charge in [-0.2, -0.15) is 0 Å². The highest BCUT2D eigenvalue weighted by Gasteiger charge is 2.36. The van der Waals surface area contributed by atoms with Crippen LogP contribution in [0, 0.1) is 5.92 Å². The Labute approximate surface area is 49.9 Å². The normalized spacial score (nSPS) is 34.1. The van der Waals surface area contributed by atoms with Gasteiger partial charge >= 0.3 is 0 Å². The molecule has 0 bridgehead atoms. The van der Waals surface area contributed by atoms with Crippen molar-refractivity contribution in [3.63, 3.8) is 0 Å². The summed E-state index contributed by atoms with van der Waals surface area (Å²) in [5.41, 5.74) is 0.189. The molecule has 0 amide bonds. The van der Waals surface area contributed by atoms with Crippen LogP contribution in [-0.2, 0) is 0 Å². The Kier molecular flexibility index (Phi) is 1.29. The number of hydrogen-bond acceptors (Lipinski definition) is 2. The Morgan fingerprint density at radius 1 is 1.75 bits per heavy atom. The quantitative estimate of drug-likeness (QED) is 0.503. The SMILES string of the molecule is CC1(C)NCC1CO. The fourth-order valence-corrected chi connectivity index (χ4v) is 0.947. The molecule has 0 spiro atoms. The second-order valence-corrected chi connectivity index (χ2v) is 2.98. The third-order valence-corrected chi connectivity index (χ3v) is 2.05. The van der Waals surface area contributed by atoms with E-state index < -0.39 is 0 Å². The van der Waals surface area contributed by atoms with Crippen molar-refractivity contribution in [1.29, 1.82) is 0 Å². The van der Waals surface area contributed by atoms with Crippen LogP contribution in [0.4, 0.5) is 0 Å². The first kappa shape index (κ1) is 6.05. The van der Waals surface area contributed by atoms with Crippen LogP contribution in [0.1, 0.15) is 13.8 Å². The molecule has 0 saturated carbocycles. The predicted octanol–water partition coefficient (Wildman–Crippen LogP) is -0.0233. The van der Waals surface area contributed by atoms with Gasteiger partial charge in [0.1, 0.15) is 0 Å². The lowest BCUT2D eigenvalue weighted by Gasteiger charge is -2.44. The van der Waals surface area contributed by atoms with Crippen molar-refractivity contribution in [1.82, 2.24) is 5.32 Å². The highest BCUT2D eigenvalue weighted by atomic mass is 16.3.